The molecule has 0 bridgehead atoms. The molecule has 0 aliphatic carbocycles. The Hall–Kier alpha value is -8.21. The zero-order chi connectivity index (χ0) is 44.0. The predicted molar refractivity (Wildman–Crippen MR) is 252 cm³/mol. The zero-order valence-corrected chi connectivity index (χ0v) is 32.9. The minimum atomic E-state index is -0.275. The highest BCUT2D eigenvalue weighted by atomic mass is 15.0. The lowest BCUT2D eigenvalue weighted by Crippen LogP contribution is -2.00. The number of aromatic nitrogens is 4. The summed E-state index contributed by atoms with van der Waals surface area (Å²) in [6.07, 6.45) is 0. The van der Waals surface area contributed by atoms with E-state index in [0.29, 0.717) is 28.4 Å². The number of rotatable bonds is 8. The van der Waals surface area contributed by atoms with Crippen LogP contribution in [0.25, 0.3) is 106 Å². The third-order valence-corrected chi connectivity index (χ3v) is 11.2. The molecule has 9 aromatic carbocycles. The summed E-state index contributed by atoms with van der Waals surface area (Å²) < 4.78 is 37.8. The topological polar surface area (TPSA) is 43.6 Å². The summed E-state index contributed by atoms with van der Waals surface area (Å²) >= 11 is 0. The molecule has 0 spiro atoms. The van der Waals surface area contributed by atoms with E-state index in [4.69, 9.17) is 19.1 Å². The standard InChI is InChI=1S/C57H38N4/c1-4-15-39(16-5-1)41-29-33-43(34-30-41)50-26-14-27-52-51-25-10-11-28-53(51)61(54(50)52)49-24-13-22-47(38-49)46-21-12-23-48(37-46)57-59-55(44-19-8-3-9-20-44)58-56(60-57)45-35-31-42(32-36-45)40-17-6-2-7-18-40/h1-38H/i10D,11D,25D,28D. The Morgan fingerprint density at radius 3 is 1.41 bits per heavy atom. The van der Waals surface area contributed by atoms with Crippen molar-refractivity contribution >= 4 is 21.8 Å². The van der Waals surface area contributed by atoms with Gasteiger partial charge in [0.2, 0.25) is 0 Å². The maximum absolute atomic E-state index is 9.27. The van der Waals surface area contributed by atoms with Crippen LogP contribution in [0.2, 0.25) is 0 Å². The average molecular weight is 783 g/mol. The van der Waals surface area contributed by atoms with Crippen LogP contribution in [0.5, 0.6) is 0 Å². The van der Waals surface area contributed by atoms with E-state index >= 15 is 0 Å². The molecule has 11 aromatic rings. The third-order valence-electron chi connectivity index (χ3n) is 11.2. The van der Waals surface area contributed by atoms with Crippen molar-refractivity contribution in [1.29, 1.82) is 0 Å². The number of hydrogen-bond donors (Lipinski definition) is 0. The summed E-state index contributed by atoms with van der Waals surface area (Å²) in [5.41, 5.74) is 12.8. The van der Waals surface area contributed by atoms with Crippen LogP contribution in [0.4, 0.5) is 0 Å². The van der Waals surface area contributed by atoms with Crippen molar-refractivity contribution < 1.29 is 5.48 Å². The number of hydrogen-bond acceptors (Lipinski definition) is 3. The van der Waals surface area contributed by atoms with E-state index in [1.807, 2.05) is 108 Å². The third kappa shape index (κ3) is 6.86. The summed E-state index contributed by atoms with van der Waals surface area (Å²) in [6, 6.07) is 68.8. The molecule has 0 unspecified atom stereocenters. The maximum Gasteiger partial charge on any atom is 0.164 e. The van der Waals surface area contributed by atoms with Gasteiger partial charge in [0.15, 0.2) is 17.5 Å². The van der Waals surface area contributed by atoms with Crippen molar-refractivity contribution in [3.05, 3.63) is 230 Å². The second-order valence-electron chi connectivity index (χ2n) is 15.0. The van der Waals surface area contributed by atoms with E-state index in [-0.39, 0.29) is 24.2 Å². The van der Waals surface area contributed by atoms with Crippen LogP contribution in [-0.4, -0.2) is 19.5 Å². The van der Waals surface area contributed by atoms with Crippen molar-refractivity contribution in [3.63, 3.8) is 0 Å². The zero-order valence-electron chi connectivity index (χ0n) is 36.9. The van der Waals surface area contributed by atoms with E-state index in [0.717, 1.165) is 77.8 Å². The molecule has 0 aliphatic rings. The fourth-order valence-corrected chi connectivity index (χ4v) is 8.19. The molecular formula is C57H38N4. The van der Waals surface area contributed by atoms with Crippen LogP contribution >= 0.6 is 0 Å². The fourth-order valence-electron chi connectivity index (χ4n) is 8.19. The van der Waals surface area contributed by atoms with Gasteiger partial charge in [0.1, 0.15) is 0 Å². The highest BCUT2D eigenvalue weighted by Gasteiger charge is 2.18. The molecule has 0 saturated carbocycles. The molecule has 0 atom stereocenters. The second kappa shape index (κ2) is 15.5. The van der Waals surface area contributed by atoms with Gasteiger partial charge in [0.25, 0.3) is 0 Å². The molecular weight excluding hydrogens is 741 g/mol. The van der Waals surface area contributed by atoms with E-state index in [2.05, 4.69) is 103 Å². The molecule has 0 radical (unpaired) electrons. The average Bonchev–Trinajstić information content (AvgIpc) is 3.74. The molecule has 61 heavy (non-hydrogen) atoms. The highest BCUT2D eigenvalue weighted by molar-refractivity contribution is 6.13. The summed E-state index contributed by atoms with van der Waals surface area (Å²) in [6.45, 7) is 0. The summed E-state index contributed by atoms with van der Waals surface area (Å²) in [4.78, 5) is 15.0. The van der Waals surface area contributed by atoms with Crippen LogP contribution < -0.4 is 0 Å². The van der Waals surface area contributed by atoms with Gasteiger partial charge in [-0.05, 0) is 63.2 Å². The molecule has 286 valence electrons. The number of para-hydroxylation sites is 2. The Morgan fingerprint density at radius 1 is 0.328 bits per heavy atom. The molecule has 11 rings (SSSR count). The first kappa shape index (κ1) is 31.7. The Kier molecular flexibility index (Phi) is 8.07. The van der Waals surface area contributed by atoms with Crippen molar-refractivity contribution in [2.75, 3.05) is 0 Å². The van der Waals surface area contributed by atoms with Gasteiger partial charge in [-0.2, -0.15) is 0 Å². The molecule has 2 aromatic heterocycles. The normalized spacial score (nSPS) is 12.2. The fraction of sp³-hybridized carbons (Fsp3) is 0. The van der Waals surface area contributed by atoms with Crippen molar-refractivity contribution in [1.82, 2.24) is 19.5 Å². The van der Waals surface area contributed by atoms with Crippen LogP contribution in [-0.2, 0) is 0 Å². The first-order valence-corrected chi connectivity index (χ1v) is 20.3. The van der Waals surface area contributed by atoms with E-state index in [1.165, 1.54) is 0 Å². The lowest BCUT2D eigenvalue weighted by molar-refractivity contribution is 1.07. The molecule has 2 heterocycles. The van der Waals surface area contributed by atoms with Crippen molar-refractivity contribution in [2.45, 2.75) is 0 Å². The summed E-state index contributed by atoms with van der Waals surface area (Å²) in [7, 11) is 0. The van der Waals surface area contributed by atoms with Gasteiger partial charge in [0.05, 0.1) is 16.5 Å². The van der Waals surface area contributed by atoms with Gasteiger partial charge in [0, 0.05) is 38.7 Å². The van der Waals surface area contributed by atoms with Gasteiger partial charge in [-0.25, -0.2) is 15.0 Å². The van der Waals surface area contributed by atoms with Gasteiger partial charge in [-0.3, -0.25) is 0 Å². The molecule has 0 saturated heterocycles. The number of nitrogens with zero attached hydrogens (tertiary/aromatic N) is 4. The number of fused-ring (bicyclic) bond motifs is 3. The summed E-state index contributed by atoms with van der Waals surface area (Å²) in [5.74, 6) is 1.69. The lowest BCUT2D eigenvalue weighted by atomic mass is 9.98. The van der Waals surface area contributed by atoms with E-state index < -0.39 is 0 Å². The van der Waals surface area contributed by atoms with Crippen molar-refractivity contribution in [2.24, 2.45) is 0 Å². The predicted octanol–water partition coefficient (Wildman–Crippen LogP) is 14.6. The monoisotopic (exact) mass is 782 g/mol. The van der Waals surface area contributed by atoms with E-state index in [9.17, 15) is 1.37 Å². The molecule has 4 nitrogen and oxygen atoms in total. The quantitative estimate of drug-likeness (QED) is 0.154. The highest BCUT2D eigenvalue weighted by Crippen LogP contribution is 2.39. The Bertz CT molecular complexity index is 3560. The first-order valence-electron chi connectivity index (χ1n) is 22.3. The molecule has 0 amide bonds. The second-order valence-corrected chi connectivity index (χ2v) is 15.0. The Labute approximate surface area is 360 Å². The smallest absolute Gasteiger partial charge is 0.164 e. The maximum atomic E-state index is 9.27. The first-order chi connectivity index (χ1) is 31.9. The van der Waals surface area contributed by atoms with Crippen LogP contribution in [0.15, 0.2) is 230 Å². The van der Waals surface area contributed by atoms with Crippen LogP contribution in [0, 0.1) is 0 Å². The molecule has 0 fully saturated rings. The lowest BCUT2D eigenvalue weighted by Gasteiger charge is -2.14. The van der Waals surface area contributed by atoms with Crippen LogP contribution in [0.3, 0.4) is 0 Å². The van der Waals surface area contributed by atoms with Gasteiger partial charge in [-0.15, -0.1) is 0 Å². The van der Waals surface area contributed by atoms with E-state index in [1.54, 1.807) is 0 Å². The Balaban J connectivity index is 1.04. The molecule has 0 aliphatic heterocycles. The van der Waals surface area contributed by atoms with Gasteiger partial charge >= 0.3 is 0 Å². The minimum Gasteiger partial charge on any atom is -0.309 e. The SMILES string of the molecule is [2H]c1c([2H])c([2H])c2c(c1[2H])c1cccc(-c3ccc(-c4ccccc4)cc3)c1n2-c1cccc(-c2cccc(-c3nc(-c4ccccc4)nc(-c4ccc(-c5ccccc5)cc4)n3)c2)c1. The minimum absolute atomic E-state index is 0.0658. The van der Waals surface area contributed by atoms with Crippen molar-refractivity contribution in [3.8, 4) is 84.4 Å². The number of benzene rings is 9. The largest absolute Gasteiger partial charge is 0.309 e. The van der Waals surface area contributed by atoms with Gasteiger partial charge in [-0.1, -0.05) is 206 Å². The summed E-state index contributed by atoms with van der Waals surface area (Å²) in [5, 5.41) is 1.23. The molecule has 0 N–H and O–H groups in total. The van der Waals surface area contributed by atoms with Gasteiger partial charge < -0.3 is 4.57 Å². The van der Waals surface area contributed by atoms with Crippen LogP contribution in [0.1, 0.15) is 5.48 Å². The Morgan fingerprint density at radius 2 is 0.770 bits per heavy atom. The molecule has 4 heteroatoms.